The van der Waals surface area contributed by atoms with Crippen LogP contribution in [0.3, 0.4) is 0 Å². The molecule has 0 aliphatic heterocycles. The van der Waals surface area contributed by atoms with E-state index < -0.39 is 29.0 Å². The Labute approximate surface area is 351 Å². The molecule has 10 rings (SSSR count). The molecule has 62 heavy (non-hydrogen) atoms. The van der Waals surface area contributed by atoms with Gasteiger partial charge in [-0.3, -0.25) is 0 Å². The minimum absolute atomic E-state index is 0.00979. The van der Waals surface area contributed by atoms with E-state index in [1.54, 1.807) is 6.07 Å². The third-order valence-corrected chi connectivity index (χ3v) is 11.7. The van der Waals surface area contributed by atoms with Gasteiger partial charge in [-0.25, -0.2) is 0 Å². The number of aromatic nitrogens is 2. The Morgan fingerprint density at radius 1 is 0.419 bits per heavy atom. The Kier molecular flexibility index (Phi) is 8.89. The second-order valence-electron chi connectivity index (χ2n) is 15.7. The first-order valence-electron chi connectivity index (χ1n) is 19.9. The number of fused-ring (bicyclic) bond motifs is 6. The standard InChI is InChI=1S/C53H33F6N3/c1-31-9-7-11-33(23-31)35-17-20-42-40-13-3-5-15-46(40)61(49(42)25-35)48-29-44(39-22-19-38(52(54,55)56)28-45(39)53(57,58)59)51(27-37(48)30-60)62-47-16-6-4-14-41(47)43-21-18-36(26-50(43)62)34-12-8-10-32(2)24-34/h3-29H,1-2H3. The van der Waals surface area contributed by atoms with Gasteiger partial charge in [-0.15, -0.1) is 0 Å². The lowest BCUT2D eigenvalue weighted by molar-refractivity contribution is -0.142. The number of benzene rings is 8. The predicted molar refractivity (Wildman–Crippen MR) is 236 cm³/mol. The highest BCUT2D eigenvalue weighted by Gasteiger charge is 2.39. The van der Waals surface area contributed by atoms with Gasteiger partial charge in [-0.2, -0.15) is 31.6 Å². The maximum absolute atomic E-state index is 15.3. The molecule has 0 saturated heterocycles. The average Bonchev–Trinajstić information content (AvgIpc) is 3.77. The van der Waals surface area contributed by atoms with Crippen LogP contribution in [0, 0.1) is 25.2 Å². The highest BCUT2D eigenvalue weighted by Crippen LogP contribution is 2.46. The second-order valence-corrected chi connectivity index (χ2v) is 15.7. The first-order chi connectivity index (χ1) is 29.8. The number of para-hydroxylation sites is 2. The van der Waals surface area contributed by atoms with Gasteiger partial charge in [0.15, 0.2) is 0 Å². The summed E-state index contributed by atoms with van der Waals surface area (Å²) >= 11 is 0. The number of halogens is 6. The van der Waals surface area contributed by atoms with Crippen LogP contribution in [0.5, 0.6) is 0 Å². The predicted octanol–water partition coefficient (Wildman–Crippen LogP) is 15.4. The van der Waals surface area contributed by atoms with Gasteiger partial charge in [0.2, 0.25) is 0 Å². The first kappa shape index (κ1) is 38.6. The van der Waals surface area contributed by atoms with Gasteiger partial charge in [0, 0.05) is 27.1 Å². The fraction of sp³-hybridized carbons (Fsp3) is 0.0755. The number of aryl methyl sites for hydroxylation is 2. The van der Waals surface area contributed by atoms with Crippen LogP contribution in [0.15, 0.2) is 164 Å². The van der Waals surface area contributed by atoms with Gasteiger partial charge in [0.05, 0.1) is 50.1 Å². The maximum atomic E-state index is 15.3. The monoisotopic (exact) mass is 825 g/mol. The zero-order chi connectivity index (χ0) is 43.1. The topological polar surface area (TPSA) is 33.6 Å². The van der Waals surface area contributed by atoms with Crippen molar-refractivity contribution < 1.29 is 26.3 Å². The van der Waals surface area contributed by atoms with Crippen LogP contribution in [0.1, 0.15) is 27.8 Å². The van der Waals surface area contributed by atoms with Gasteiger partial charge in [-0.05, 0) is 90.2 Å². The molecule has 9 heteroatoms. The number of nitrogens with zero attached hydrogens (tertiary/aromatic N) is 3. The van der Waals surface area contributed by atoms with Crippen molar-refractivity contribution in [3.05, 3.63) is 192 Å². The summed E-state index contributed by atoms with van der Waals surface area (Å²) < 4.78 is 92.0. The van der Waals surface area contributed by atoms with Crippen molar-refractivity contribution in [1.29, 1.82) is 5.26 Å². The fourth-order valence-electron chi connectivity index (χ4n) is 8.91. The Hall–Kier alpha value is -7.57. The SMILES string of the molecule is Cc1cccc(-c2ccc3c4ccccc4n(-c4cc(-c5ccc(C(F)(F)F)cc5C(F)(F)F)c(-n5c6ccccc6c6ccc(-c7cccc(C)c7)cc65)cc4C#N)c3c2)c1. The molecule has 0 atom stereocenters. The maximum Gasteiger partial charge on any atom is 0.417 e. The molecule has 8 aromatic carbocycles. The first-order valence-corrected chi connectivity index (χ1v) is 19.9. The van der Waals surface area contributed by atoms with Crippen LogP contribution >= 0.6 is 0 Å². The van der Waals surface area contributed by atoms with E-state index in [9.17, 15) is 18.4 Å². The number of nitriles is 1. The van der Waals surface area contributed by atoms with E-state index in [4.69, 9.17) is 0 Å². The van der Waals surface area contributed by atoms with E-state index in [0.717, 1.165) is 61.0 Å². The summed E-state index contributed by atoms with van der Waals surface area (Å²) in [6, 6.07) is 50.1. The highest BCUT2D eigenvalue weighted by atomic mass is 19.4. The average molecular weight is 826 g/mol. The molecular formula is C53H33F6N3. The van der Waals surface area contributed by atoms with Crippen LogP contribution in [0.25, 0.3) is 88.4 Å². The van der Waals surface area contributed by atoms with Crippen molar-refractivity contribution in [2.24, 2.45) is 0 Å². The summed E-state index contributed by atoms with van der Waals surface area (Å²) in [6.45, 7) is 3.98. The minimum Gasteiger partial charge on any atom is -0.309 e. The van der Waals surface area contributed by atoms with Crippen molar-refractivity contribution in [3.8, 4) is 50.8 Å². The molecule has 0 N–H and O–H groups in total. The molecule has 302 valence electrons. The van der Waals surface area contributed by atoms with E-state index >= 15 is 13.2 Å². The lowest BCUT2D eigenvalue weighted by atomic mass is 9.93. The fourth-order valence-corrected chi connectivity index (χ4v) is 8.91. The number of alkyl halides is 6. The van der Waals surface area contributed by atoms with Gasteiger partial charge >= 0.3 is 12.4 Å². The van der Waals surface area contributed by atoms with Crippen molar-refractivity contribution in [1.82, 2.24) is 9.13 Å². The van der Waals surface area contributed by atoms with E-state index in [1.165, 1.54) is 6.07 Å². The highest BCUT2D eigenvalue weighted by molar-refractivity contribution is 6.12. The molecule has 3 nitrogen and oxygen atoms in total. The molecule has 0 spiro atoms. The van der Waals surface area contributed by atoms with Crippen LogP contribution in [-0.2, 0) is 12.4 Å². The molecule has 0 unspecified atom stereocenters. The normalized spacial score (nSPS) is 12.2. The lowest BCUT2D eigenvalue weighted by Crippen LogP contribution is -2.13. The zero-order valence-electron chi connectivity index (χ0n) is 33.2. The van der Waals surface area contributed by atoms with Crippen LogP contribution in [-0.4, -0.2) is 9.13 Å². The minimum atomic E-state index is -5.18. The molecular weight excluding hydrogens is 793 g/mol. The van der Waals surface area contributed by atoms with Crippen LogP contribution in [0.2, 0.25) is 0 Å². The summed E-state index contributed by atoms with van der Waals surface area (Å²) in [5, 5.41) is 14.4. The number of rotatable bonds is 5. The van der Waals surface area contributed by atoms with Crippen LogP contribution < -0.4 is 0 Å². The van der Waals surface area contributed by atoms with Gasteiger partial charge in [0.1, 0.15) is 6.07 Å². The second kappa shape index (κ2) is 14.3. The summed E-state index contributed by atoms with van der Waals surface area (Å²) in [7, 11) is 0. The Morgan fingerprint density at radius 2 is 0.919 bits per heavy atom. The summed E-state index contributed by atoms with van der Waals surface area (Å²) in [4.78, 5) is 0. The number of hydrogen-bond donors (Lipinski definition) is 0. The molecule has 0 bridgehead atoms. The van der Waals surface area contributed by atoms with E-state index in [1.807, 2.05) is 150 Å². The summed E-state index contributed by atoms with van der Waals surface area (Å²) in [5.74, 6) is 0. The summed E-state index contributed by atoms with van der Waals surface area (Å²) in [5.41, 5.74) is 5.66. The van der Waals surface area contributed by atoms with Gasteiger partial charge < -0.3 is 9.13 Å². The molecule has 10 aromatic rings. The molecule has 2 heterocycles. The van der Waals surface area contributed by atoms with E-state index in [-0.39, 0.29) is 28.6 Å². The van der Waals surface area contributed by atoms with Gasteiger partial charge in [0.25, 0.3) is 0 Å². The quantitative estimate of drug-likeness (QED) is 0.159. The Balaban J connectivity index is 1.35. The lowest BCUT2D eigenvalue weighted by Gasteiger charge is -2.22. The third-order valence-electron chi connectivity index (χ3n) is 11.7. The molecule has 0 radical (unpaired) electrons. The van der Waals surface area contributed by atoms with Crippen molar-refractivity contribution in [2.45, 2.75) is 26.2 Å². The van der Waals surface area contributed by atoms with Crippen molar-refractivity contribution in [2.75, 3.05) is 0 Å². The number of hydrogen-bond acceptors (Lipinski definition) is 1. The van der Waals surface area contributed by atoms with E-state index in [2.05, 4.69) is 12.1 Å². The molecule has 0 aliphatic carbocycles. The van der Waals surface area contributed by atoms with Crippen molar-refractivity contribution in [3.63, 3.8) is 0 Å². The smallest absolute Gasteiger partial charge is 0.309 e. The summed E-state index contributed by atoms with van der Waals surface area (Å²) in [6.07, 6.45) is -10.2. The molecule has 0 aliphatic rings. The van der Waals surface area contributed by atoms with Crippen LogP contribution in [0.4, 0.5) is 26.3 Å². The van der Waals surface area contributed by atoms with Gasteiger partial charge in [-0.1, -0.05) is 126 Å². The molecule has 2 aromatic heterocycles. The molecule has 0 amide bonds. The molecule has 0 saturated carbocycles. The zero-order valence-corrected chi connectivity index (χ0v) is 33.2. The Morgan fingerprint density at radius 3 is 1.42 bits per heavy atom. The Bertz CT molecular complexity index is 3490. The molecule has 0 fully saturated rings. The van der Waals surface area contributed by atoms with Crippen molar-refractivity contribution >= 4 is 43.6 Å². The largest absolute Gasteiger partial charge is 0.417 e. The van der Waals surface area contributed by atoms with E-state index in [0.29, 0.717) is 28.1 Å². The third kappa shape index (κ3) is 6.38.